The molecule has 0 spiro atoms. The fourth-order valence-electron chi connectivity index (χ4n) is 1.92. The van der Waals surface area contributed by atoms with Gasteiger partial charge in [0.05, 0.1) is 13.2 Å². The molecule has 1 aliphatic carbocycles. The number of rotatable bonds is 3. The minimum atomic E-state index is -0.436. The quantitative estimate of drug-likeness (QED) is 0.737. The molecule has 14 heavy (non-hydrogen) atoms. The Balaban J connectivity index is 2.27. The summed E-state index contributed by atoms with van der Waals surface area (Å²) in [6.07, 6.45) is 2.09. The highest BCUT2D eigenvalue weighted by Crippen LogP contribution is 2.39. The lowest BCUT2D eigenvalue weighted by Crippen LogP contribution is -2.27. The van der Waals surface area contributed by atoms with Gasteiger partial charge in [0.1, 0.15) is 5.75 Å². The topological polar surface area (TPSA) is 29.5 Å². The number of aliphatic hydroxyl groups excluding tert-OH is 1. The third-order valence-corrected chi connectivity index (χ3v) is 2.85. The van der Waals surface area contributed by atoms with Crippen LogP contribution in [0.2, 0.25) is 0 Å². The first kappa shape index (κ1) is 9.28. The second-order valence-electron chi connectivity index (χ2n) is 3.60. The van der Waals surface area contributed by atoms with Crippen LogP contribution in [0.15, 0.2) is 30.9 Å². The fourth-order valence-corrected chi connectivity index (χ4v) is 1.92. The predicted octanol–water partition coefficient (Wildman–Crippen LogP) is 1.88. The predicted molar refractivity (Wildman–Crippen MR) is 55.6 cm³/mol. The Morgan fingerprint density at radius 2 is 2.43 bits per heavy atom. The van der Waals surface area contributed by atoms with E-state index in [1.807, 2.05) is 12.1 Å². The SMILES string of the molecule is C=CC(O)C1Cc2ccc(OC)cc21. The van der Waals surface area contributed by atoms with Gasteiger partial charge in [0.15, 0.2) is 0 Å². The zero-order valence-electron chi connectivity index (χ0n) is 8.23. The lowest BCUT2D eigenvalue weighted by molar-refractivity contribution is 0.179. The Labute approximate surface area is 83.8 Å². The van der Waals surface area contributed by atoms with Crippen LogP contribution in [-0.2, 0) is 6.42 Å². The molecular formula is C12H14O2. The maximum absolute atomic E-state index is 9.63. The van der Waals surface area contributed by atoms with E-state index in [-0.39, 0.29) is 5.92 Å². The van der Waals surface area contributed by atoms with Crippen LogP contribution in [0.3, 0.4) is 0 Å². The van der Waals surface area contributed by atoms with E-state index in [0.29, 0.717) is 0 Å². The van der Waals surface area contributed by atoms with Crippen molar-refractivity contribution in [2.75, 3.05) is 7.11 Å². The van der Waals surface area contributed by atoms with Gasteiger partial charge in [-0.15, -0.1) is 6.58 Å². The number of methoxy groups -OCH3 is 1. The Morgan fingerprint density at radius 3 is 3.07 bits per heavy atom. The average Bonchev–Trinajstić information content (AvgIpc) is 2.19. The van der Waals surface area contributed by atoms with Gasteiger partial charge in [-0.05, 0) is 29.7 Å². The summed E-state index contributed by atoms with van der Waals surface area (Å²) in [6.45, 7) is 3.60. The van der Waals surface area contributed by atoms with Gasteiger partial charge in [-0.3, -0.25) is 0 Å². The Kier molecular flexibility index (Phi) is 2.30. The largest absolute Gasteiger partial charge is 0.497 e. The average molecular weight is 190 g/mol. The van der Waals surface area contributed by atoms with Crippen molar-refractivity contribution in [3.8, 4) is 5.75 Å². The van der Waals surface area contributed by atoms with Crippen molar-refractivity contribution in [1.82, 2.24) is 0 Å². The van der Waals surface area contributed by atoms with E-state index in [0.717, 1.165) is 12.2 Å². The van der Waals surface area contributed by atoms with E-state index in [4.69, 9.17) is 4.74 Å². The highest BCUT2D eigenvalue weighted by molar-refractivity contribution is 5.46. The summed E-state index contributed by atoms with van der Waals surface area (Å²) in [4.78, 5) is 0. The third kappa shape index (κ3) is 1.32. The highest BCUT2D eigenvalue weighted by Gasteiger charge is 2.30. The van der Waals surface area contributed by atoms with E-state index in [9.17, 15) is 5.11 Å². The number of hydrogen-bond donors (Lipinski definition) is 1. The zero-order valence-corrected chi connectivity index (χ0v) is 8.23. The van der Waals surface area contributed by atoms with Gasteiger partial charge in [0, 0.05) is 5.92 Å². The van der Waals surface area contributed by atoms with Crippen LogP contribution in [0.5, 0.6) is 5.75 Å². The van der Waals surface area contributed by atoms with E-state index >= 15 is 0 Å². The zero-order chi connectivity index (χ0) is 10.1. The molecule has 0 heterocycles. The van der Waals surface area contributed by atoms with E-state index in [1.54, 1.807) is 13.2 Å². The smallest absolute Gasteiger partial charge is 0.119 e. The maximum atomic E-state index is 9.63. The molecule has 0 fully saturated rings. The molecule has 0 amide bonds. The maximum Gasteiger partial charge on any atom is 0.119 e. The summed E-state index contributed by atoms with van der Waals surface area (Å²) in [6, 6.07) is 6.01. The van der Waals surface area contributed by atoms with E-state index in [1.165, 1.54) is 11.1 Å². The van der Waals surface area contributed by atoms with Gasteiger partial charge in [-0.2, -0.15) is 0 Å². The Morgan fingerprint density at radius 1 is 1.64 bits per heavy atom. The molecule has 74 valence electrons. The summed E-state index contributed by atoms with van der Waals surface area (Å²) in [7, 11) is 1.65. The van der Waals surface area contributed by atoms with Crippen LogP contribution >= 0.6 is 0 Å². The molecule has 2 nitrogen and oxygen atoms in total. The summed E-state index contributed by atoms with van der Waals surface area (Å²) >= 11 is 0. The first-order valence-electron chi connectivity index (χ1n) is 4.73. The Hall–Kier alpha value is -1.28. The molecule has 1 aromatic rings. The number of ether oxygens (including phenoxy) is 1. The van der Waals surface area contributed by atoms with Gasteiger partial charge >= 0.3 is 0 Å². The minimum Gasteiger partial charge on any atom is -0.497 e. The van der Waals surface area contributed by atoms with Crippen LogP contribution in [0.25, 0.3) is 0 Å². The first-order chi connectivity index (χ1) is 6.76. The van der Waals surface area contributed by atoms with Crippen molar-refractivity contribution in [2.24, 2.45) is 0 Å². The number of hydrogen-bond acceptors (Lipinski definition) is 2. The number of benzene rings is 1. The van der Waals surface area contributed by atoms with Gasteiger partial charge < -0.3 is 9.84 Å². The molecule has 1 aliphatic rings. The number of aliphatic hydroxyl groups is 1. The molecular weight excluding hydrogens is 176 g/mol. The standard InChI is InChI=1S/C12H14O2/c1-3-12(13)11-6-8-4-5-9(14-2)7-10(8)11/h3-5,7,11-13H,1,6H2,2H3. The van der Waals surface area contributed by atoms with Gasteiger partial charge in [-0.1, -0.05) is 12.1 Å². The third-order valence-electron chi connectivity index (χ3n) is 2.85. The molecule has 0 aliphatic heterocycles. The Bertz CT molecular complexity index is 357. The molecule has 0 bridgehead atoms. The lowest BCUT2D eigenvalue weighted by atomic mass is 9.74. The minimum absolute atomic E-state index is 0.206. The van der Waals surface area contributed by atoms with Crippen molar-refractivity contribution in [1.29, 1.82) is 0 Å². The molecule has 0 saturated heterocycles. The highest BCUT2D eigenvalue weighted by atomic mass is 16.5. The van der Waals surface area contributed by atoms with Crippen LogP contribution in [0.1, 0.15) is 17.0 Å². The monoisotopic (exact) mass is 190 g/mol. The van der Waals surface area contributed by atoms with Crippen molar-refractivity contribution in [3.63, 3.8) is 0 Å². The second kappa shape index (κ2) is 3.46. The van der Waals surface area contributed by atoms with E-state index < -0.39 is 6.10 Å². The molecule has 0 radical (unpaired) electrons. The van der Waals surface area contributed by atoms with Crippen LogP contribution in [0, 0.1) is 0 Å². The molecule has 0 aromatic heterocycles. The van der Waals surface area contributed by atoms with Crippen molar-refractivity contribution >= 4 is 0 Å². The van der Waals surface area contributed by atoms with Crippen LogP contribution < -0.4 is 4.74 Å². The van der Waals surface area contributed by atoms with Crippen molar-refractivity contribution in [3.05, 3.63) is 42.0 Å². The molecule has 1 N–H and O–H groups in total. The molecule has 2 heteroatoms. The van der Waals surface area contributed by atoms with E-state index in [2.05, 4.69) is 12.6 Å². The molecule has 0 saturated carbocycles. The summed E-state index contributed by atoms with van der Waals surface area (Å²) in [5.74, 6) is 1.06. The molecule has 2 rings (SSSR count). The first-order valence-corrected chi connectivity index (χ1v) is 4.73. The summed E-state index contributed by atoms with van der Waals surface area (Å²) in [5, 5.41) is 9.63. The van der Waals surface area contributed by atoms with Crippen LogP contribution in [0.4, 0.5) is 0 Å². The molecule has 1 aromatic carbocycles. The normalized spacial score (nSPS) is 20.6. The van der Waals surface area contributed by atoms with Crippen molar-refractivity contribution < 1.29 is 9.84 Å². The van der Waals surface area contributed by atoms with Crippen molar-refractivity contribution in [2.45, 2.75) is 18.4 Å². The van der Waals surface area contributed by atoms with Gasteiger partial charge in [0.2, 0.25) is 0 Å². The molecule has 2 atom stereocenters. The number of fused-ring (bicyclic) bond motifs is 1. The van der Waals surface area contributed by atoms with Gasteiger partial charge in [0.25, 0.3) is 0 Å². The fraction of sp³-hybridized carbons (Fsp3) is 0.333. The molecule has 2 unspecified atom stereocenters. The lowest BCUT2D eigenvalue weighted by Gasteiger charge is -2.32. The summed E-state index contributed by atoms with van der Waals surface area (Å²) < 4.78 is 5.14. The van der Waals surface area contributed by atoms with Crippen LogP contribution in [-0.4, -0.2) is 18.3 Å². The second-order valence-corrected chi connectivity index (χ2v) is 3.60. The van der Waals surface area contributed by atoms with Gasteiger partial charge in [-0.25, -0.2) is 0 Å². The summed E-state index contributed by atoms with van der Waals surface area (Å²) in [5.41, 5.74) is 2.49.